The summed E-state index contributed by atoms with van der Waals surface area (Å²) < 4.78 is 0. The van der Waals surface area contributed by atoms with Crippen molar-refractivity contribution in [2.75, 3.05) is 5.32 Å². The van der Waals surface area contributed by atoms with E-state index in [0.29, 0.717) is 6.54 Å². The van der Waals surface area contributed by atoms with Crippen molar-refractivity contribution < 1.29 is 4.79 Å². The first-order valence-electron chi connectivity index (χ1n) is 4.49. The van der Waals surface area contributed by atoms with Crippen LogP contribution in [0.15, 0.2) is 24.3 Å². The van der Waals surface area contributed by atoms with Gasteiger partial charge in [0, 0.05) is 12.2 Å². The molecule has 1 aromatic carbocycles. The highest BCUT2D eigenvalue weighted by Gasteiger charge is 2.06. The molecule has 0 spiro atoms. The average molecular weight is 230 g/mol. The second kappa shape index (κ2) is 6.40. The standard InChI is InChI=1S/C10H15N3O.ClH/c1-7(12)10(14)13-9-4-2-8(6-11)3-5-9;/h2-5,7H,6,11-12H2,1H3,(H,13,14);1H/t7-;/m0./s1. The number of rotatable bonds is 3. The maximum absolute atomic E-state index is 11.2. The first-order chi connectivity index (χ1) is 6.63. The van der Waals surface area contributed by atoms with Crippen LogP contribution in [0.3, 0.4) is 0 Å². The molecule has 0 aromatic heterocycles. The minimum atomic E-state index is -0.496. The number of benzene rings is 1. The Hall–Kier alpha value is -1.10. The van der Waals surface area contributed by atoms with Crippen molar-refractivity contribution >= 4 is 24.0 Å². The van der Waals surface area contributed by atoms with Crippen LogP contribution < -0.4 is 16.8 Å². The third kappa shape index (κ3) is 4.29. The van der Waals surface area contributed by atoms with E-state index < -0.39 is 6.04 Å². The van der Waals surface area contributed by atoms with Gasteiger partial charge < -0.3 is 16.8 Å². The van der Waals surface area contributed by atoms with Gasteiger partial charge in [-0.15, -0.1) is 12.4 Å². The van der Waals surface area contributed by atoms with Gasteiger partial charge in [0.15, 0.2) is 0 Å². The normalized spacial score (nSPS) is 11.4. The van der Waals surface area contributed by atoms with E-state index in [9.17, 15) is 4.79 Å². The third-order valence-electron chi connectivity index (χ3n) is 1.87. The summed E-state index contributed by atoms with van der Waals surface area (Å²) in [6.07, 6.45) is 0. The summed E-state index contributed by atoms with van der Waals surface area (Å²) in [6, 6.07) is 6.86. The zero-order valence-corrected chi connectivity index (χ0v) is 9.38. The molecule has 5 N–H and O–H groups in total. The van der Waals surface area contributed by atoms with Crippen molar-refractivity contribution in [1.29, 1.82) is 0 Å². The number of carbonyl (C=O) groups is 1. The SMILES string of the molecule is C[C@H](N)C(=O)Nc1ccc(CN)cc1.Cl. The van der Waals surface area contributed by atoms with Gasteiger partial charge in [-0.05, 0) is 24.6 Å². The van der Waals surface area contributed by atoms with Gasteiger partial charge in [0.1, 0.15) is 0 Å². The average Bonchev–Trinajstić information content (AvgIpc) is 2.19. The van der Waals surface area contributed by atoms with Gasteiger partial charge in [-0.1, -0.05) is 12.1 Å². The number of amides is 1. The maximum atomic E-state index is 11.2. The molecule has 15 heavy (non-hydrogen) atoms. The number of hydrogen-bond donors (Lipinski definition) is 3. The Balaban J connectivity index is 0.00000196. The van der Waals surface area contributed by atoms with Crippen molar-refractivity contribution in [3.63, 3.8) is 0 Å². The van der Waals surface area contributed by atoms with Crippen LogP contribution in [0.4, 0.5) is 5.69 Å². The molecule has 1 atom stereocenters. The lowest BCUT2D eigenvalue weighted by Gasteiger charge is -2.07. The highest BCUT2D eigenvalue weighted by molar-refractivity contribution is 5.94. The number of halogens is 1. The van der Waals surface area contributed by atoms with E-state index >= 15 is 0 Å². The van der Waals surface area contributed by atoms with Crippen molar-refractivity contribution in [3.8, 4) is 0 Å². The van der Waals surface area contributed by atoms with Crippen LogP contribution in [-0.2, 0) is 11.3 Å². The monoisotopic (exact) mass is 229 g/mol. The van der Waals surface area contributed by atoms with Gasteiger partial charge in [0.2, 0.25) is 5.91 Å². The van der Waals surface area contributed by atoms with Gasteiger partial charge in [0.25, 0.3) is 0 Å². The molecule has 0 unspecified atom stereocenters. The number of nitrogens with one attached hydrogen (secondary N) is 1. The fourth-order valence-corrected chi connectivity index (χ4v) is 0.980. The Bertz CT molecular complexity index is 311. The summed E-state index contributed by atoms with van der Waals surface area (Å²) in [7, 11) is 0. The molecule has 1 amide bonds. The van der Waals surface area contributed by atoms with Gasteiger partial charge in [0.05, 0.1) is 6.04 Å². The number of nitrogens with two attached hydrogens (primary N) is 2. The minimum Gasteiger partial charge on any atom is -0.326 e. The molecular weight excluding hydrogens is 214 g/mol. The molecule has 84 valence electrons. The van der Waals surface area contributed by atoms with Gasteiger partial charge in [-0.2, -0.15) is 0 Å². The summed E-state index contributed by atoms with van der Waals surface area (Å²) >= 11 is 0. The predicted octanol–water partition coefficient (Wildman–Crippen LogP) is 0.853. The molecule has 4 nitrogen and oxygen atoms in total. The predicted molar refractivity (Wildman–Crippen MR) is 63.9 cm³/mol. The summed E-state index contributed by atoms with van der Waals surface area (Å²) in [4.78, 5) is 11.2. The third-order valence-corrected chi connectivity index (χ3v) is 1.87. The summed E-state index contributed by atoms with van der Waals surface area (Å²) in [5, 5.41) is 2.69. The van der Waals surface area contributed by atoms with Crippen LogP contribution in [0.2, 0.25) is 0 Å². The molecule has 1 rings (SSSR count). The molecule has 5 heteroatoms. The molecule has 0 fully saturated rings. The molecule has 0 saturated heterocycles. The smallest absolute Gasteiger partial charge is 0.240 e. The fraction of sp³-hybridized carbons (Fsp3) is 0.300. The van der Waals surface area contributed by atoms with E-state index in [1.165, 1.54) is 0 Å². The highest BCUT2D eigenvalue weighted by Crippen LogP contribution is 2.08. The lowest BCUT2D eigenvalue weighted by Crippen LogP contribution is -2.32. The maximum Gasteiger partial charge on any atom is 0.240 e. The molecule has 0 aliphatic carbocycles. The van der Waals surface area contributed by atoms with Crippen LogP contribution in [0.1, 0.15) is 12.5 Å². The zero-order valence-electron chi connectivity index (χ0n) is 8.57. The quantitative estimate of drug-likeness (QED) is 0.719. The zero-order chi connectivity index (χ0) is 10.6. The Kier molecular flexibility index (Phi) is 5.93. The molecule has 0 bridgehead atoms. The van der Waals surface area contributed by atoms with Gasteiger partial charge in [-0.25, -0.2) is 0 Å². The van der Waals surface area contributed by atoms with Crippen LogP contribution in [-0.4, -0.2) is 11.9 Å². The molecule has 0 heterocycles. The van der Waals surface area contributed by atoms with E-state index in [1.807, 2.05) is 24.3 Å². The molecule has 0 saturated carbocycles. The fourth-order valence-electron chi connectivity index (χ4n) is 0.980. The lowest BCUT2D eigenvalue weighted by molar-refractivity contribution is -0.117. The second-order valence-electron chi connectivity index (χ2n) is 3.18. The van der Waals surface area contributed by atoms with Crippen LogP contribution in [0.5, 0.6) is 0 Å². The van der Waals surface area contributed by atoms with Gasteiger partial charge in [-0.3, -0.25) is 4.79 Å². The van der Waals surface area contributed by atoms with E-state index in [4.69, 9.17) is 11.5 Å². The van der Waals surface area contributed by atoms with Crippen molar-refractivity contribution in [2.45, 2.75) is 19.5 Å². The highest BCUT2D eigenvalue weighted by atomic mass is 35.5. The number of hydrogen-bond acceptors (Lipinski definition) is 3. The molecule has 0 aliphatic heterocycles. The molecule has 1 aromatic rings. The van der Waals surface area contributed by atoms with E-state index in [0.717, 1.165) is 11.3 Å². The van der Waals surface area contributed by atoms with Crippen LogP contribution in [0, 0.1) is 0 Å². The topological polar surface area (TPSA) is 81.1 Å². The van der Waals surface area contributed by atoms with Crippen molar-refractivity contribution in [1.82, 2.24) is 0 Å². The first-order valence-corrected chi connectivity index (χ1v) is 4.49. The van der Waals surface area contributed by atoms with Gasteiger partial charge >= 0.3 is 0 Å². The van der Waals surface area contributed by atoms with Crippen LogP contribution >= 0.6 is 12.4 Å². The summed E-state index contributed by atoms with van der Waals surface area (Å²) in [6.45, 7) is 2.14. The Morgan fingerprint density at radius 2 is 1.93 bits per heavy atom. The minimum absolute atomic E-state index is 0. The number of anilines is 1. The van der Waals surface area contributed by atoms with E-state index in [2.05, 4.69) is 5.32 Å². The molecular formula is C10H16ClN3O. The molecule has 0 aliphatic rings. The van der Waals surface area contributed by atoms with Crippen molar-refractivity contribution in [3.05, 3.63) is 29.8 Å². The second-order valence-corrected chi connectivity index (χ2v) is 3.18. The Morgan fingerprint density at radius 3 is 2.33 bits per heavy atom. The van der Waals surface area contributed by atoms with Crippen LogP contribution in [0.25, 0.3) is 0 Å². The summed E-state index contributed by atoms with van der Waals surface area (Å²) in [5.74, 6) is -0.189. The van der Waals surface area contributed by atoms with Crippen molar-refractivity contribution in [2.24, 2.45) is 11.5 Å². The molecule has 0 radical (unpaired) electrons. The summed E-state index contributed by atoms with van der Waals surface area (Å²) in [5.41, 5.74) is 12.6. The largest absolute Gasteiger partial charge is 0.326 e. The Morgan fingerprint density at radius 1 is 1.40 bits per heavy atom. The van der Waals surface area contributed by atoms with E-state index in [1.54, 1.807) is 6.92 Å². The Labute approximate surface area is 95.4 Å². The lowest BCUT2D eigenvalue weighted by atomic mass is 10.2. The first kappa shape index (κ1) is 13.9. The number of carbonyl (C=O) groups excluding carboxylic acids is 1. The van der Waals surface area contributed by atoms with E-state index in [-0.39, 0.29) is 18.3 Å².